The SMILES string of the molecule is CN/C=C(\C=C/C=O)c1cccc(-c2ccccc2)c1. The van der Waals surface area contributed by atoms with Crippen molar-refractivity contribution >= 4 is 11.9 Å². The maximum atomic E-state index is 10.5. The summed E-state index contributed by atoms with van der Waals surface area (Å²) in [5, 5.41) is 3.01. The first-order chi connectivity index (χ1) is 9.85. The highest BCUT2D eigenvalue weighted by Gasteiger charge is 2.01. The average molecular weight is 263 g/mol. The summed E-state index contributed by atoms with van der Waals surface area (Å²) < 4.78 is 0. The number of hydrogen-bond acceptors (Lipinski definition) is 2. The highest BCUT2D eigenvalue weighted by atomic mass is 16.1. The zero-order chi connectivity index (χ0) is 14.2. The van der Waals surface area contributed by atoms with Gasteiger partial charge in [-0.15, -0.1) is 0 Å². The van der Waals surface area contributed by atoms with E-state index in [0.29, 0.717) is 0 Å². The quantitative estimate of drug-likeness (QED) is 0.506. The lowest BCUT2D eigenvalue weighted by atomic mass is 9.99. The highest BCUT2D eigenvalue weighted by Crippen LogP contribution is 2.24. The second-order valence-electron chi connectivity index (χ2n) is 4.33. The second-order valence-corrected chi connectivity index (χ2v) is 4.33. The topological polar surface area (TPSA) is 29.1 Å². The molecule has 0 heterocycles. The van der Waals surface area contributed by atoms with Gasteiger partial charge < -0.3 is 5.32 Å². The number of benzene rings is 2. The normalized spacial score (nSPS) is 11.6. The molecule has 0 radical (unpaired) electrons. The summed E-state index contributed by atoms with van der Waals surface area (Å²) in [6.07, 6.45) is 5.96. The molecule has 2 aromatic carbocycles. The minimum absolute atomic E-state index is 0.782. The summed E-state index contributed by atoms with van der Waals surface area (Å²) in [4.78, 5) is 10.5. The number of carbonyl (C=O) groups excluding carboxylic acids is 1. The van der Waals surface area contributed by atoms with Crippen LogP contribution in [-0.4, -0.2) is 13.3 Å². The van der Waals surface area contributed by atoms with E-state index in [1.807, 2.05) is 43.6 Å². The standard InChI is InChI=1S/C18H17NO/c1-19-14-18(11-6-12-20)17-10-5-9-16(13-17)15-7-3-2-4-8-15/h2-14,19H,1H3/b11-6-,18-14+. The Morgan fingerprint density at radius 3 is 2.45 bits per heavy atom. The number of rotatable bonds is 5. The number of aldehydes is 1. The zero-order valence-corrected chi connectivity index (χ0v) is 11.4. The molecule has 100 valence electrons. The summed E-state index contributed by atoms with van der Waals surface area (Å²) in [5.41, 5.74) is 4.37. The maximum Gasteiger partial charge on any atom is 0.142 e. The van der Waals surface area contributed by atoms with E-state index in [2.05, 4.69) is 29.6 Å². The molecule has 2 aromatic rings. The Labute approximate surface area is 119 Å². The van der Waals surface area contributed by atoms with Gasteiger partial charge in [0, 0.05) is 13.2 Å². The van der Waals surface area contributed by atoms with Gasteiger partial charge in [0.25, 0.3) is 0 Å². The maximum absolute atomic E-state index is 10.5. The van der Waals surface area contributed by atoms with Crippen molar-refractivity contribution in [2.24, 2.45) is 0 Å². The largest absolute Gasteiger partial charge is 0.393 e. The minimum Gasteiger partial charge on any atom is -0.393 e. The van der Waals surface area contributed by atoms with Crippen LogP contribution in [0.3, 0.4) is 0 Å². The van der Waals surface area contributed by atoms with Crippen LogP contribution >= 0.6 is 0 Å². The summed E-state index contributed by atoms with van der Waals surface area (Å²) in [6, 6.07) is 18.5. The molecule has 0 atom stereocenters. The van der Waals surface area contributed by atoms with Crippen molar-refractivity contribution in [2.45, 2.75) is 0 Å². The van der Waals surface area contributed by atoms with Gasteiger partial charge in [-0.3, -0.25) is 4.79 Å². The fourth-order valence-corrected chi connectivity index (χ4v) is 2.04. The third kappa shape index (κ3) is 3.45. The molecule has 0 fully saturated rings. The van der Waals surface area contributed by atoms with Crippen LogP contribution in [0.4, 0.5) is 0 Å². The van der Waals surface area contributed by atoms with Gasteiger partial charge in [-0.1, -0.05) is 48.5 Å². The fraction of sp³-hybridized carbons (Fsp3) is 0.0556. The lowest BCUT2D eigenvalue weighted by molar-refractivity contribution is -0.104. The molecule has 2 rings (SSSR count). The van der Waals surface area contributed by atoms with E-state index in [1.165, 1.54) is 11.6 Å². The van der Waals surface area contributed by atoms with Crippen LogP contribution < -0.4 is 5.32 Å². The van der Waals surface area contributed by atoms with E-state index in [4.69, 9.17) is 0 Å². The van der Waals surface area contributed by atoms with Crippen molar-refractivity contribution in [3.63, 3.8) is 0 Å². The first-order valence-electron chi connectivity index (χ1n) is 6.50. The predicted octanol–water partition coefficient (Wildman–Crippen LogP) is 3.67. The molecule has 1 N–H and O–H groups in total. The number of carbonyl (C=O) groups is 1. The van der Waals surface area contributed by atoms with Gasteiger partial charge in [0.15, 0.2) is 0 Å². The summed E-state index contributed by atoms with van der Waals surface area (Å²) in [5.74, 6) is 0. The van der Waals surface area contributed by atoms with Gasteiger partial charge in [0.2, 0.25) is 0 Å². The zero-order valence-electron chi connectivity index (χ0n) is 11.4. The monoisotopic (exact) mass is 263 g/mol. The van der Waals surface area contributed by atoms with E-state index in [1.54, 1.807) is 6.08 Å². The molecule has 0 amide bonds. The van der Waals surface area contributed by atoms with E-state index >= 15 is 0 Å². The molecular formula is C18H17NO. The Kier molecular flexibility index (Phi) is 4.90. The van der Waals surface area contributed by atoms with E-state index in [9.17, 15) is 4.79 Å². The van der Waals surface area contributed by atoms with Gasteiger partial charge in [-0.05, 0) is 40.5 Å². The molecule has 0 aliphatic heterocycles. The van der Waals surface area contributed by atoms with Crippen LogP contribution in [0.2, 0.25) is 0 Å². The molecule has 20 heavy (non-hydrogen) atoms. The first kappa shape index (κ1) is 13.8. The molecule has 0 saturated carbocycles. The van der Waals surface area contributed by atoms with Gasteiger partial charge >= 0.3 is 0 Å². The molecule has 0 aliphatic carbocycles. The number of nitrogens with one attached hydrogen (secondary N) is 1. The molecular weight excluding hydrogens is 246 g/mol. The van der Waals surface area contributed by atoms with Crippen LogP contribution in [-0.2, 0) is 4.79 Å². The smallest absolute Gasteiger partial charge is 0.142 e. The molecule has 0 bridgehead atoms. The average Bonchev–Trinajstić information content (AvgIpc) is 2.52. The van der Waals surface area contributed by atoms with Gasteiger partial charge in [0.05, 0.1) is 0 Å². The van der Waals surface area contributed by atoms with Crippen LogP contribution in [0, 0.1) is 0 Å². The lowest BCUT2D eigenvalue weighted by Gasteiger charge is -2.07. The minimum atomic E-state index is 0.782. The number of allylic oxidation sites excluding steroid dienone is 3. The van der Waals surface area contributed by atoms with Crippen LogP contribution in [0.5, 0.6) is 0 Å². The van der Waals surface area contributed by atoms with Crippen molar-refractivity contribution in [3.05, 3.63) is 78.5 Å². The summed E-state index contributed by atoms with van der Waals surface area (Å²) in [6.45, 7) is 0. The van der Waals surface area contributed by atoms with Crippen LogP contribution in [0.1, 0.15) is 5.56 Å². The third-order valence-corrected chi connectivity index (χ3v) is 2.96. The molecule has 0 spiro atoms. The Morgan fingerprint density at radius 2 is 1.75 bits per heavy atom. The second kappa shape index (κ2) is 7.10. The molecule has 2 nitrogen and oxygen atoms in total. The van der Waals surface area contributed by atoms with E-state index < -0.39 is 0 Å². The van der Waals surface area contributed by atoms with Crippen molar-refractivity contribution < 1.29 is 4.79 Å². The Balaban J connectivity index is 2.40. The molecule has 0 aliphatic rings. The summed E-state index contributed by atoms with van der Waals surface area (Å²) >= 11 is 0. The highest BCUT2D eigenvalue weighted by molar-refractivity contribution is 5.81. The Bertz CT molecular complexity index is 627. The molecule has 0 saturated heterocycles. The van der Waals surface area contributed by atoms with Gasteiger partial charge in [0.1, 0.15) is 6.29 Å². The van der Waals surface area contributed by atoms with E-state index in [-0.39, 0.29) is 0 Å². The predicted molar refractivity (Wildman–Crippen MR) is 84.1 cm³/mol. The lowest BCUT2D eigenvalue weighted by Crippen LogP contribution is -1.95. The van der Waals surface area contributed by atoms with E-state index in [0.717, 1.165) is 23.0 Å². The molecule has 0 unspecified atom stereocenters. The fourth-order valence-electron chi connectivity index (χ4n) is 2.04. The van der Waals surface area contributed by atoms with Gasteiger partial charge in [-0.25, -0.2) is 0 Å². The summed E-state index contributed by atoms with van der Waals surface area (Å²) in [7, 11) is 1.84. The van der Waals surface area contributed by atoms with Gasteiger partial charge in [-0.2, -0.15) is 0 Å². The molecule has 2 heteroatoms. The van der Waals surface area contributed by atoms with Crippen LogP contribution in [0.25, 0.3) is 16.7 Å². The molecule has 0 aromatic heterocycles. The first-order valence-corrected chi connectivity index (χ1v) is 6.50. The van der Waals surface area contributed by atoms with Crippen molar-refractivity contribution in [2.75, 3.05) is 7.05 Å². The van der Waals surface area contributed by atoms with Crippen molar-refractivity contribution in [1.29, 1.82) is 0 Å². The van der Waals surface area contributed by atoms with Crippen molar-refractivity contribution in [3.8, 4) is 11.1 Å². The van der Waals surface area contributed by atoms with Crippen molar-refractivity contribution in [1.82, 2.24) is 5.32 Å². The number of hydrogen-bond donors (Lipinski definition) is 1. The van der Waals surface area contributed by atoms with Crippen LogP contribution in [0.15, 0.2) is 72.9 Å². The third-order valence-electron chi connectivity index (χ3n) is 2.96. The Hall–Kier alpha value is -2.61. The Morgan fingerprint density at radius 1 is 1.00 bits per heavy atom.